The van der Waals surface area contributed by atoms with Crippen molar-refractivity contribution in [3.8, 4) is 0 Å². The van der Waals surface area contributed by atoms with Crippen molar-refractivity contribution in [2.45, 2.75) is 26.2 Å². The van der Waals surface area contributed by atoms with Crippen LogP contribution < -0.4 is 5.32 Å². The normalized spacial score (nSPS) is 21.2. The molecule has 1 heterocycles. The van der Waals surface area contributed by atoms with E-state index in [-0.39, 0.29) is 18.9 Å². The first-order chi connectivity index (χ1) is 6.24. The van der Waals surface area contributed by atoms with Crippen molar-refractivity contribution in [2.24, 2.45) is 5.92 Å². The fraction of sp³-hybridized carbons (Fsp3) is 1.00. The molecule has 0 unspecified atom stereocenters. The van der Waals surface area contributed by atoms with E-state index in [1.54, 1.807) is 0 Å². The molecule has 1 aliphatic rings. The number of nitrogens with one attached hydrogen (secondary N) is 1. The van der Waals surface area contributed by atoms with E-state index in [9.17, 15) is 0 Å². The van der Waals surface area contributed by atoms with Gasteiger partial charge in [-0.05, 0) is 5.92 Å². The van der Waals surface area contributed by atoms with Gasteiger partial charge in [0.2, 0.25) is 0 Å². The maximum absolute atomic E-state index is 9.03. The third-order valence-electron chi connectivity index (χ3n) is 2.24. The first-order valence-corrected chi connectivity index (χ1v) is 4.81. The minimum absolute atomic E-state index is 0.132. The molecule has 0 aliphatic carbocycles. The van der Waals surface area contributed by atoms with Gasteiger partial charge < -0.3 is 19.9 Å². The minimum atomic E-state index is -0.132. The van der Waals surface area contributed by atoms with Crippen LogP contribution in [-0.2, 0) is 9.47 Å². The van der Waals surface area contributed by atoms with Crippen LogP contribution in [0.3, 0.4) is 0 Å². The van der Waals surface area contributed by atoms with Crippen LogP contribution in [0.15, 0.2) is 0 Å². The molecule has 1 aliphatic heterocycles. The number of rotatable bonds is 5. The maximum Gasteiger partial charge on any atom is 0.170 e. The Kier molecular flexibility index (Phi) is 4.66. The Morgan fingerprint density at radius 2 is 2.00 bits per heavy atom. The molecule has 0 bridgehead atoms. The summed E-state index contributed by atoms with van der Waals surface area (Å²) < 4.78 is 10.5. The van der Waals surface area contributed by atoms with E-state index in [4.69, 9.17) is 14.6 Å². The number of ether oxygens (including phenoxy) is 2. The highest BCUT2D eigenvalue weighted by molar-refractivity contribution is 4.70. The smallest absolute Gasteiger partial charge is 0.170 e. The van der Waals surface area contributed by atoms with Crippen molar-refractivity contribution < 1.29 is 14.6 Å². The van der Waals surface area contributed by atoms with Crippen LogP contribution in [0.1, 0.15) is 13.8 Å². The first kappa shape index (κ1) is 10.9. The van der Waals surface area contributed by atoms with E-state index in [0.717, 1.165) is 0 Å². The average Bonchev–Trinajstić information content (AvgIpc) is 2.57. The molecule has 4 heteroatoms. The number of hydrogen-bond donors (Lipinski definition) is 2. The summed E-state index contributed by atoms with van der Waals surface area (Å²) in [6.07, 6.45) is -0.132. The third kappa shape index (κ3) is 3.60. The third-order valence-corrected chi connectivity index (χ3v) is 2.24. The van der Waals surface area contributed by atoms with Crippen LogP contribution in [0.5, 0.6) is 0 Å². The molecule has 13 heavy (non-hydrogen) atoms. The molecule has 1 fully saturated rings. The summed E-state index contributed by atoms with van der Waals surface area (Å²) in [6.45, 7) is 6.32. The van der Waals surface area contributed by atoms with Gasteiger partial charge in [0.1, 0.15) is 0 Å². The highest BCUT2D eigenvalue weighted by Crippen LogP contribution is 2.04. The Hall–Kier alpha value is -0.160. The van der Waals surface area contributed by atoms with Crippen molar-refractivity contribution in [1.82, 2.24) is 5.32 Å². The van der Waals surface area contributed by atoms with E-state index < -0.39 is 0 Å². The molecule has 0 spiro atoms. The van der Waals surface area contributed by atoms with Gasteiger partial charge in [-0.15, -0.1) is 0 Å². The van der Waals surface area contributed by atoms with Gasteiger partial charge in [0, 0.05) is 12.6 Å². The van der Waals surface area contributed by atoms with Crippen molar-refractivity contribution >= 4 is 0 Å². The van der Waals surface area contributed by atoms with Crippen LogP contribution in [0.25, 0.3) is 0 Å². The molecule has 1 atom stereocenters. The predicted octanol–water partition coefficient (Wildman–Crippen LogP) is -0.0342. The summed E-state index contributed by atoms with van der Waals surface area (Å²) in [5.74, 6) is 0.423. The monoisotopic (exact) mass is 189 g/mol. The lowest BCUT2D eigenvalue weighted by molar-refractivity contribution is -0.0424. The minimum Gasteiger partial charge on any atom is -0.395 e. The molecule has 0 aromatic rings. The summed E-state index contributed by atoms with van der Waals surface area (Å²) in [5.41, 5.74) is 0. The molecule has 1 saturated heterocycles. The summed E-state index contributed by atoms with van der Waals surface area (Å²) in [5, 5.41) is 12.2. The Labute approximate surface area is 79.2 Å². The molecule has 0 aromatic heterocycles. The van der Waals surface area contributed by atoms with Gasteiger partial charge in [0.25, 0.3) is 0 Å². The molecule has 4 nitrogen and oxygen atoms in total. The Morgan fingerprint density at radius 1 is 1.38 bits per heavy atom. The van der Waals surface area contributed by atoms with E-state index >= 15 is 0 Å². The van der Waals surface area contributed by atoms with Crippen LogP contribution in [0.4, 0.5) is 0 Å². The average molecular weight is 189 g/mol. The standard InChI is InChI=1S/C9H19NO3/c1-7(2)8(6-11)10-5-9-12-3-4-13-9/h7-11H,3-6H2,1-2H3/t8-/m1/s1. The number of aliphatic hydroxyl groups excluding tert-OH is 1. The van der Waals surface area contributed by atoms with E-state index in [1.807, 2.05) is 0 Å². The van der Waals surface area contributed by atoms with Gasteiger partial charge in [-0.3, -0.25) is 0 Å². The molecular weight excluding hydrogens is 170 g/mol. The van der Waals surface area contributed by atoms with Gasteiger partial charge in [-0.1, -0.05) is 13.8 Å². The summed E-state index contributed by atoms with van der Waals surface area (Å²) in [6, 6.07) is 0.132. The molecule has 0 aromatic carbocycles. The lowest BCUT2D eigenvalue weighted by atomic mass is 10.1. The van der Waals surface area contributed by atoms with Gasteiger partial charge in [-0.25, -0.2) is 0 Å². The Balaban J connectivity index is 2.15. The second-order valence-corrected chi connectivity index (χ2v) is 3.61. The highest BCUT2D eigenvalue weighted by atomic mass is 16.7. The van der Waals surface area contributed by atoms with Gasteiger partial charge >= 0.3 is 0 Å². The van der Waals surface area contributed by atoms with E-state index in [1.165, 1.54) is 0 Å². The molecule has 1 rings (SSSR count). The second-order valence-electron chi connectivity index (χ2n) is 3.61. The predicted molar refractivity (Wildman–Crippen MR) is 49.4 cm³/mol. The first-order valence-electron chi connectivity index (χ1n) is 4.81. The highest BCUT2D eigenvalue weighted by Gasteiger charge is 2.18. The molecular formula is C9H19NO3. The fourth-order valence-electron chi connectivity index (χ4n) is 1.28. The largest absolute Gasteiger partial charge is 0.395 e. The summed E-state index contributed by atoms with van der Waals surface area (Å²) in [4.78, 5) is 0. The zero-order valence-corrected chi connectivity index (χ0v) is 8.32. The van der Waals surface area contributed by atoms with Crippen LogP contribution in [0, 0.1) is 5.92 Å². The Morgan fingerprint density at radius 3 is 2.46 bits per heavy atom. The lowest BCUT2D eigenvalue weighted by Gasteiger charge is -2.21. The topological polar surface area (TPSA) is 50.7 Å². The van der Waals surface area contributed by atoms with Crippen LogP contribution >= 0.6 is 0 Å². The maximum atomic E-state index is 9.03. The van der Waals surface area contributed by atoms with Gasteiger partial charge in [0.05, 0.1) is 19.8 Å². The van der Waals surface area contributed by atoms with Gasteiger partial charge in [-0.2, -0.15) is 0 Å². The van der Waals surface area contributed by atoms with E-state index in [0.29, 0.717) is 25.7 Å². The molecule has 2 N–H and O–H groups in total. The fourth-order valence-corrected chi connectivity index (χ4v) is 1.28. The quantitative estimate of drug-likeness (QED) is 0.637. The second kappa shape index (κ2) is 5.54. The number of aliphatic hydroxyl groups is 1. The van der Waals surface area contributed by atoms with Crippen LogP contribution in [0.2, 0.25) is 0 Å². The Bertz CT molecular complexity index is 135. The SMILES string of the molecule is CC(C)[C@@H](CO)NCC1OCCO1. The zero-order chi connectivity index (χ0) is 9.68. The van der Waals surface area contributed by atoms with Crippen molar-refractivity contribution in [1.29, 1.82) is 0 Å². The zero-order valence-electron chi connectivity index (χ0n) is 8.32. The molecule has 0 saturated carbocycles. The van der Waals surface area contributed by atoms with Gasteiger partial charge in [0.15, 0.2) is 6.29 Å². The molecule has 0 radical (unpaired) electrons. The lowest BCUT2D eigenvalue weighted by Crippen LogP contribution is -2.41. The van der Waals surface area contributed by atoms with Crippen molar-refractivity contribution in [3.05, 3.63) is 0 Å². The van der Waals surface area contributed by atoms with Crippen LogP contribution in [-0.4, -0.2) is 43.8 Å². The summed E-state index contributed by atoms with van der Waals surface area (Å²) >= 11 is 0. The summed E-state index contributed by atoms with van der Waals surface area (Å²) in [7, 11) is 0. The van der Waals surface area contributed by atoms with Crippen molar-refractivity contribution in [2.75, 3.05) is 26.4 Å². The van der Waals surface area contributed by atoms with Crippen molar-refractivity contribution in [3.63, 3.8) is 0 Å². The molecule has 0 amide bonds. The number of hydrogen-bond acceptors (Lipinski definition) is 4. The molecule has 78 valence electrons. The van der Waals surface area contributed by atoms with E-state index in [2.05, 4.69) is 19.2 Å².